The van der Waals surface area contributed by atoms with Crippen LogP contribution in [0.3, 0.4) is 0 Å². The van der Waals surface area contributed by atoms with Gasteiger partial charge in [0.25, 0.3) is 0 Å². The monoisotopic (exact) mass is 301 g/mol. The maximum atomic E-state index is 9.34. The van der Waals surface area contributed by atoms with Gasteiger partial charge in [-0.1, -0.05) is 72.3 Å². The predicted molar refractivity (Wildman–Crippen MR) is 102 cm³/mol. The van der Waals surface area contributed by atoms with E-state index in [1.165, 1.54) is 18.4 Å². The number of rotatable bonds is 5. The fourth-order valence-corrected chi connectivity index (χ4v) is 0.812. The normalized spacial score (nSPS) is 8.76. The van der Waals surface area contributed by atoms with E-state index in [1.807, 2.05) is 34.6 Å². The Kier molecular flexibility index (Phi) is 77.8. The molecular weight excluding hydrogens is 258 g/mol. The Hall–Kier alpha value is -0.890. The highest BCUT2D eigenvalue weighted by Crippen LogP contribution is 1.97. The average Bonchev–Trinajstić information content (AvgIpc) is 2.54. The third-order valence-corrected chi connectivity index (χ3v) is 1.87. The van der Waals surface area contributed by atoms with Crippen molar-refractivity contribution >= 4 is 6.29 Å². The largest absolute Gasteiger partial charge is 0.313 e. The van der Waals surface area contributed by atoms with Crippen LogP contribution in [0.25, 0.3) is 0 Å². The zero-order valence-electron chi connectivity index (χ0n) is 16.5. The molecule has 0 unspecified atom stereocenters. The van der Waals surface area contributed by atoms with Gasteiger partial charge in [-0.25, -0.2) is 0 Å². The Morgan fingerprint density at radius 1 is 1.00 bits per heavy atom. The van der Waals surface area contributed by atoms with Crippen molar-refractivity contribution in [3.8, 4) is 0 Å². The molecule has 0 amide bonds. The minimum absolute atomic E-state index is 0.458. The van der Waals surface area contributed by atoms with Crippen molar-refractivity contribution in [1.82, 2.24) is 5.32 Å². The number of allylic oxidation sites excluding steroid dienone is 4. The minimum Gasteiger partial charge on any atom is -0.313 e. The topological polar surface area (TPSA) is 29.1 Å². The van der Waals surface area contributed by atoms with E-state index in [0.29, 0.717) is 6.54 Å². The Labute approximate surface area is 136 Å². The SMILES string of the molecule is C/C=C\CC.CC.CC.CC/C=C(\C)CC.CNCC=O. The molecule has 0 fully saturated rings. The van der Waals surface area contributed by atoms with Gasteiger partial charge in [-0.15, -0.1) is 0 Å². The summed E-state index contributed by atoms with van der Waals surface area (Å²) in [4.78, 5) is 9.34. The summed E-state index contributed by atoms with van der Waals surface area (Å²) in [6.45, 7) is 19.1. The molecule has 0 spiro atoms. The van der Waals surface area contributed by atoms with E-state index in [4.69, 9.17) is 0 Å². The number of nitrogens with one attached hydrogen (secondary N) is 1. The third-order valence-electron chi connectivity index (χ3n) is 1.87. The first-order valence-electron chi connectivity index (χ1n) is 8.49. The smallest absolute Gasteiger partial charge is 0.133 e. The number of likely N-dealkylation sites (N-methyl/N-ethyl adjacent to an activating group) is 1. The standard InChI is InChI=1S/C7H14.C5H10.C3H7NO.2C2H6/c1-4-6-7(3)5-2;1-3-5-4-2;1-4-2-3-5;2*1-2/h6H,4-5H2,1-3H3;3,5H,4H2,1-2H3;3-4H,2H2,1H3;2*1-2H3/b7-6+;5-3-;;;. The van der Waals surface area contributed by atoms with Crippen LogP contribution in [-0.2, 0) is 4.79 Å². The Morgan fingerprint density at radius 3 is 1.52 bits per heavy atom. The molecule has 0 saturated heterocycles. The van der Waals surface area contributed by atoms with E-state index >= 15 is 0 Å². The lowest BCUT2D eigenvalue weighted by molar-refractivity contribution is -0.107. The first kappa shape index (κ1) is 32.2. The molecule has 0 heterocycles. The van der Waals surface area contributed by atoms with Gasteiger partial charge in [-0.3, -0.25) is 0 Å². The van der Waals surface area contributed by atoms with E-state index in [9.17, 15) is 4.79 Å². The van der Waals surface area contributed by atoms with Gasteiger partial charge in [0.05, 0.1) is 6.54 Å². The zero-order valence-corrected chi connectivity index (χ0v) is 16.5. The van der Waals surface area contributed by atoms with Crippen LogP contribution < -0.4 is 5.32 Å². The molecule has 0 radical (unpaired) electrons. The highest BCUT2D eigenvalue weighted by molar-refractivity contribution is 5.51. The molecule has 130 valence electrons. The second-order valence-corrected chi connectivity index (χ2v) is 3.51. The summed E-state index contributed by atoms with van der Waals surface area (Å²) in [5, 5.41) is 2.65. The van der Waals surface area contributed by atoms with E-state index in [1.54, 1.807) is 7.05 Å². The molecule has 2 heteroatoms. The lowest BCUT2D eigenvalue weighted by Crippen LogP contribution is -2.07. The number of carbonyl (C=O) groups is 1. The number of carbonyl (C=O) groups excluding carboxylic acids is 1. The Bertz CT molecular complexity index is 184. The molecule has 0 aromatic heterocycles. The zero-order chi connectivity index (χ0) is 17.9. The summed E-state index contributed by atoms with van der Waals surface area (Å²) in [5.41, 5.74) is 1.50. The van der Waals surface area contributed by atoms with Crippen LogP contribution >= 0.6 is 0 Å². The second kappa shape index (κ2) is 50.8. The van der Waals surface area contributed by atoms with Crippen molar-refractivity contribution in [1.29, 1.82) is 0 Å². The van der Waals surface area contributed by atoms with E-state index in [2.05, 4.69) is 51.2 Å². The van der Waals surface area contributed by atoms with Crippen molar-refractivity contribution < 1.29 is 4.79 Å². The summed E-state index contributed by atoms with van der Waals surface area (Å²) >= 11 is 0. The van der Waals surface area contributed by atoms with Crippen molar-refractivity contribution in [2.75, 3.05) is 13.6 Å². The van der Waals surface area contributed by atoms with E-state index in [0.717, 1.165) is 12.7 Å². The molecular formula is C19H43NO. The minimum atomic E-state index is 0.458. The molecule has 0 aromatic rings. The molecule has 0 bridgehead atoms. The maximum Gasteiger partial charge on any atom is 0.133 e. The van der Waals surface area contributed by atoms with Gasteiger partial charge in [0.1, 0.15) is 6.29 Å². The molecule has 1 N–H and O–H groups in total. The summed E-state index contributed by atoms with van der Waals surface area (Å²) in [6.07, 6.45) is 10.8. The first-order valence-corrected chi connectivity index (χ1v) is 8.49. The maximum absolute atomic E-state index is 9.34. The summed E-state index contributed by atoms with van der Waals surface area (Å²) < 4.78 is 0. The van der Waals surface area contributed by atoms with Crippen molar-refractivity contribution in [2.24, 2.45) is 0 Å². The summed E-state index contributed by atoms with van der Waals surface area (Å²) in [6, 6.07) is 0. The molecule has 0 aliphatic carbocycles. The average molecular weight is 302 g/mol. The van der Waals surface area contributed by atoms with Crippen LogP contribution in [0.2, 0.25) is 0 Å². The fraction of sp³-hybridized carbons (Fsp3) is 0.737. The van der Waals surface area contributed by atoms with Gasteiger partial charge in [-0.05, 0) is 40.2 Å². The lowest BCUT2D eigenvalue weighted by Gasteiger charge is -1.88. The van der Waals surface area contributed by atoms with Gasteiger partial charge < -0.3 is 10.1 Å². The second-order valence-electron chi connectivity index (χ2n) is 3.51. The van der Waals surface area contributed by atoms with Gasteiger partial charge >= 0.3 is 0 Å². The quantitative estimate of drug-likeness (QED) is 0.485. The van der Waals surface area contributed by atoms with Crippen LogP contribution in [0.5, 0.6) is 0 Å². The van der Waals surface area contributed by atoms with E-state index < -0.39 is 0 Å². The highest BCUT2D eigenvalue weighted by atomic mass is 16.1. The highest BCUT2D eigenvalue weighted by Gasteiger charge is 1.76. The number of aldehydes is 1. The van der Waals surface area contributed by atoms with Gasteiger partial charge in [0, 0.05) is 0 Å². The van der Waals surface area contributed by atoms with Gasteiger partial charge in [-0.2, -0.15) is 0 Å². The fourth-order valence-electron chi connectivity index (χ4n) is 0.812. The Morgan fingerprint density at radius 2 is 1.48 bits per heavy atom. The van der Waals surface area contributed by atoms with Gasteiger partial charge in [0.2, 0.25) is 0 Å². The molecule has 21 heavy (non-hydrogen) atoms. The third kappa shape index (κ3) is 85.1. The first-order chi connectivity index (χ1) is 10.1. The van der Waals surface area contributed by atoms with Gasteiger partial charge in [0.15, 0.2) is 0 Å². The van der Waals surface area contributed by atoms with Crippen LogP contribution in [0.15, 0.2) is 23.8 Å². The summed E-state index contributed by atoms with van der Waals surface area (Å²) in [5.74, 6) is 0. The molecule has 0 aliphatic heterocycles. The lowest BCUT2D eigenvalue weighted by atomic mass is 10.2. The molecule has 0 rings (SSSR count). The van der Waals surface area contributed by atoms with Crippen LogP contribution in [-0.4, -0.2) is 19.9 Å². The number of hydrogen-bond donors (Lipinski definition) is 1. The molecule has 0 atom stereocenters. The molecule has 0 aliphatic rings. The Balaban J connectivity index is -0.0000000551. The van der Waals surface area contributed by atoms with Crippen molar-refractivity contribution in [2.45, 2.75) is 81.6 Å². The van der Waals surface area contributed by atoms with Crippen LogP contribution in [0.4, 0.5) is 0 Å². The molecule has 0 aromatic carbocycles. The van der Waals surface area contributed by atoms with Crippen molar-refractivity contribution in [3.63, 3.8) is 0 Å². The predicted octanol–water partition coefficient (Wildman–Crippen LogP) is 6.18. The molecule has 0 saturated carbocycles. The summed E-state index contributed by atoms with van der Waals surface area (Å²) in [7, 11) is 1.73. The molecule has 2 nitrogen and oxygen atoms in total. The van der Waals surface area contributed by atoms with E-state index in [-0.39, 0.29) is 0 Å². The van der Waals surface area contributed by atoms with Crippen molar-refractivity contribution in [3.05, 3.63) is 23.8 Å². The van der Waals surface area contributed by atoms with Crippen LogP contribution in [0, 0.1) is 0 Å². The van der Waals surface area contributed by atoms with Crippen LogP contribution in [0.1, 0.15) is 81.6 Å². The number of hydrogen-bond acceptors (Lipinski definition) is 2.